The lowest BCUT2D eigenvalue weighted by Crippen LogP contribution is -2.37. The molecule has 0 unspecified atom stereocenters. The quantitative estimate of drug-likeness (QED) is 0.683. The van der Waals surface area contributed by atoms with E-state index in [1.807, 2.05) is 29.2 Å². The zero-order valence-corrected chi connectivity index (χ0v) is 15.3. The molecule has 1 aromatic carbocycles. The molecule has 2 aliphatic rings. The molecule has 0 aromatic heterocycles. The number of amidine groups is 1. The van der Waals surface area contributed by atoms with Crippen molar-refractivity contribution in [3.8, 4) is 0 Å². The van der Waals surface area contributed by atoms with Crippen LogP contribution in [0.3, 0.4) is 0 Å². The van der Waals surface area contributed by atoms with E-state index in [1.165, 1.54) is 11.8 Å². The van der Waals surface area contributed by atoms with E-state index in [0.717, 1.165) is 10.2 Å². The van der Waals surface area contributed by atoms with Gasteiger partial charge in [0.1, 0.15) is 5.88 Å². The summed E-state index contributed by atoms with van der Waals surface area (Å²) < 4.78 is 24.7. The van der Waals surface area contributed by atoms with Crippen LogP contribution in [-0.4, -0.2) is 48.2 Å². The Morgan fingerprint density at radius 3 is 2.68 bits per heavy atom. The predicted molar refractivity (Wildman–Crippen MR) is 93.6 cm³/mol. The van der Waals surface area contributed by atoms with Gasteiger partial charge in [0.15, 0.2) is 15.0 Å². The van der Waals surface area contributed by atoms with Crippen molar-refractivity contribution in [1.29, 1.82) is 0 Å². The number of benzene rings is 1. The first kappa shape index (κ1) is 16.3. The van der Waals surface area contributed by atoms with Crippen LogP contribution in [0, 0.1) is 0 Å². The number of anilines is 1. The number of rotatable bonds is 2. The highest BCUT2D eigenvalue weighted by molar-refractivity contribution is 9.10. The summed E-state index contributed by atoms with van der Waals surface area (Å²) in [4.78, 5) is 17.4. The second-order valence-electron chi connectivity index (χ2n) is 5.07. The van der Waals surface area contributed by atoms with E-state index in [1.54, 1.807) is 0 Å². The van der Waals surface area contributed by atoms with Crippen LogP contribution in [0.4, 0.5) is 5.69 Å². The number of aliphatic imine (C=N–C) groups is 1. The fourth-order valence-electron chi connectivity index (χ4n) is 2.60. The molecule has 2 heterocycles. The summed E-state index contributed by atoms with van der Waals surface area (Å²) in [6, 6.07) is 7.30. The maximum atomic E-state index is 11.9. The summed E-state index contributed by atoms with van der Waals surface area (Å²) in [5, 5.41) is 0.424. The zero-order chi connectivity index (χ0) is 15.9. The average molecular weight is 424 g/mol. The summed E-state index contributed by atoms with van der Waals surface area (Å²) in [6.07, 6.45) is 0. The Kier molecular flexibility index (Phi) is 4.55. The molecule has 0 spiro atoms. The molecule has 2 fully saturated rings. The molecule has 9 heteroatoms. The smallest absolute Gasteiger partial charge is 0.262 e. The minimum absolute atomic E-state index is 0.0782. The Morgan fingerprint density at radius 2 is 2.05 bits per heavy atom. The molecule has 0 N–H and O–H groups in total. The Balaban J connectivity index is 2.01. The van der Waals surface area contributed by atoms with Crippen LogP contribution in [0.1, 0.15) is 0 Å². The Bertz CT molecular complexity index is 736. The predicted octanol–water partition coefficient (Wildman–Crippen LogP) is 2.29. The average Bonchev–Trinajstić information content (AvgIpc) is 2.91. The van der Waals surface area contributed by atoms with Gasteiger partial charge in [-0.3, -0.25) is 4.79 Å². The summed E-state index contributed by atoms with van der Waals surface area (Å²) >= 11 is 10.2. The summed E-state index contributed by atoms with van der Waals surface area (Å²) in [7, 11) is -3.05. The van der Waals surface area contributed by atoms with Gasteiger partial charge in [0, 0.05) is 15.4 Å². The van der Waals surface area contributed by atoms with Crippen LogP contribution >= 0.6 is 39.3 Å². The standard InChI is InChI=1S/C13H12BrClN2O3S2/c14-8-1-3-9(4-2-8)17-10-6-22(19,20)7-11(10)21-13(17)16-12(18)5-15/h1-4,10-11H,5-7H2/t10-,11-/m0/s1. The van der Waals surface area contributed by atoms with Crippen LogP contribution in [-0.2, 0) is 14.6 Å². The van der Waals surface area contributed by atoms with Crippen molar-refractivity contribution in [2.45, 2.75) is 11.3 Å². The first-order chi connectivity index (χ1) is 10.4. The molecule has 3 rings (SSSR count). The second-order valence-corrected chi connectivity index (χ2v) is 9.61. The molecule has 0 radical (unpaired) electrons. The van der Waals surface area contributed by atoms with Gasteiger partial charge in [0.05, 0.1) is 17.5 Å². The second kappa shape index (κ2) is 6.14. The van der Waals surface area contributed by atoms with Gasteiger partial charge < -0.3 is 4.90 Å². The lowest BCUT2D eigenvalue weighted by atomic mass is 10.2. The van der Waals surface area contributed by atoms with Crippen LogP contribution in [0.5, 0.6) is 0 Å². The maximum absolute atomic E-state index is 11.9. The van der Waals surface area contributed by atoms with Crippen molar-refractivity contribution in [2.24, 2.45) is 4.99 Å². The molecule has 0 aliphatic carbocycles. The van der Waals surface area contributed by atoms with E-state index in [-0.39, 0.29) is 28.7 Å². The Morgan fingerprint density at radius 1 is 1.36 bits per heavy atom. The number of hydrogen-bond donors (Lipinski definition) is 0. The van der Waals surface area contributed by atoms with Crippen LogP contribution in [0.25, 0.3) is 0 Å². The van der Waals surface area contributed by atoms with Gasteiger partial charge in [0.2, 0.25) is 0 Å². The highest BCUT2D eigenvalue weighted by Gasteiger charge is 2.49. The van der Waals surface area contributed by atoms with Gasteiger partial charge >= 0.3 is 0 Å². The van der Waals surface area contributed by atoms with Gasteiger partial charge in [-0.15, -0.1) is 11.6 Å². The third-order valence-electron chi connectivity index (χ3n) is 3.51. The van der Waals surface area contributed by atoms with E-state index < -0.39 is 15.7 Å². The summed E-state index contributed by atoms with van der Waals surface area (Å²) in [5.74, 6) is -0.418. The fourth-order valence-corrected chi connectivity index (χ4v) is 6.86. The number of thioether (sulfide) groups is 1. The number of amides is 1. The lowest BCUT2D eigenvalue weighted by molar-refractivity contribution is -0.115. The molecular weight excluding hydrogens is 412 g/mol. The van der Waals surface area contributed by atoms with E-state index >= 15 is 0 Å². The van der Waals surface area contributed by atoms with Gasteiger partial charge in [0.25, 0.3) is 5.91 Å². The van der Waals surface area contributed by atoms with Gasteiger partial charge in [-0.1, -0.05) is 27.7 Å². The number of nitrogens with zero attached hydrogens (tertiary/aromatic N) is 2. The molecule has 5 nitrogen and oxygen atoms in total. The number of halogens is 2. The number of carbonyl (C=O) groups excluding carboxylic acids is 1. The van der Waals surface area contributed by atoms with Gasteiger partial charge in [-0.05, 0) is 24.3 Å². The maximum Gasteiger partial charge on any atom is 0.262 e. The van der Waals surface area contributed by atoms with Gasteiger partial charge in [-0.25, -0.2) is 8.42 Å². The van der Waals surface area contributed by atoms with Crippen molar-refractivity contribution in [3.05, 3.63) is 28.7 Å². The minimum Gasteiger partial charge on any atom is -0.316 e. The Labute approximate surface area is 146 Å². The molecule has 1 amide bonds. The normalized spacial score (nSPS) is 28.1. The third kappa shape index (κ3) is 3.20. The van der Waals surface area contributed by atoms with E-state index in [0.29, 0.717) is 5.17 Å². The highest BCUT2D eigenvalue weighted by atomic mass is 79.9. The molecule has 2 saturated heterocycles. The number of hydrogen-bond acceptors (Lipinski definition) is 4. The largest absolute Gasteiger partial charge is 0.316 e. The first-order valence-corrected chi connectivity index (χ1v) is 10.5. The molecule has 22 heavy (non-hydrogen) atoms. The SMILES string of the molecule is O=C(CCl)N=C1S[C@H]2CS(=O)(=O)C[C@@H]2N1c1ccc(Br)cc1. The Hall–Kier alpha value is -0.570. The topological polar surface area (TPSA) is 66.8 Å². The monoisotopic (exact) mass is 422 g/mol. The number of alkyl halides is 1. The van der Waals surface area contributed by atoms with Crippen molar-refractivity contribution in [2.75, 3.05) is 22.3 Å². The summed E-state index contributed by atoms with van der Waals surface area (Å²) in [5.41, 5.74) is 0.821. The molecular formula is C13H12BrClN2O3S2. The zero-order valence-electron chi connectivity index (χ0n) is 11.3. The van der Waals surface area contributed by atoms with Crippen LogP contribution in [0.2, 0.25) is 0 Å². The lowest BCUT2D eigenvalue weighted by Gasteiger charge is -2.24. The molecule has 2 aliphatic heterocycles. The van der Waals surface area contributed by atoms with Crippen molar-refractivity contribution >= 4 is 65.9 Å². The van der Waals surface area contributed by atoms with Crippen molar-refractivity contribution in [3.63, 3.8) is 0 Å². The minimum atomic E-state index is -3.05. The van der Waals surface area contributed by atoms with Crippen molar-refractivity contribution in [1.82, 2.24) is 0 Å². The van der Waals surface area contributed by atoms with E-state index in [4.69, 9.17) is 11.6 Å². The summed E-state index contributed by atoms with van der Waals surface area (Å²) in [6.45, 7) is 0. The third-order valence-corrected chi connectivity index (χ3v) is 7.47. The van der Waals surface area contributed by atoms with Crippen molar-refractivity contribution < 1.29 is 13.2 Å². The first-order valence-electron chi connectivity index (χ1n) is 6.49. The molecule has 118 valence electrons. The number of sulfone groups is 1. The fraction of sp³-hybridized carbons (Fsp3) is 0.385. The molecule has 2 atom stereocenters. The van der Waals surface area contributed by atoms with Crippen LogP contribution in [0.15, 0.2) is 33.7 Å². The van der Waals surface area contributed by atoms with Crippen LogP contribution < -0.4 is 4.90 Å². The van der Waals surface area contributed by atoms with E-state index in [2.05, 4.69) is 20.9 Å². The highest BCUT2D eigenvalue weighted by Crippen LogP contribution is 2.41. The molecule has 0 saturated carbocycles. The number of fused-ring (bicyclic) bond motifs is 1. The molecule has 1 aromatic rings. The molecule has 0 bridgehead atoms. The number of carbonyl (C=O) groups is 1. The van der Waals surface area contributed by atoms with E-state index in [9.17, 15) is 13.2 Å². The van der Waals surface area contributed by atoms with Gasteiger partial charge in [-0.2, -0.15) is 4.99 Å².